The summed E-state index contributed by atoms with van der Waals surface area (Å²) in [5.74, 6) is -0.295. The number of hydrogen-bond donors (Lipinski definition) is 1. The summed E-state index contributed by atoms with van der Waals surface area (Å²) < 4.78 is 27.4. The van der Waals surface area contributed by atoms with Gasteiger partial charge in [-0.2, -0.15) is 4.31 Å². The molecule has 1 aliphatic rings. The fraction of sp³-hybridized carbons (Fsp3) is 0.278. The molecular weight excluding hydrogens is 360 g/mol. The zero-order chi connectivity index (χ0) is 17.2. The number of ketones is 1. The molecule has 3 rings (SSSR count). The number of nitrogens with two attached hydrogens (primary N) is 1. The molecule has 1 fully saturated rings. The number of piperidine rings is 1. The van der Waals surface area contributed by atoms with Crippen LogP contribution in [0.15, 0.2) is 59.5 Å². The van der Waals surface area contributed by atoms with Gasteiger partial charge in [-0.3, -0.25) is 4.79 Å². The third kappa shape index (κ3) is 4.10. The molecule has 0 spiro atoms. The van der Waals surface area contributed by atoms with Crippen LogP contribution in [0.3, 0.4) is 0 Å². The summed E-state index contributed by atoms with van der Waals surface area (Å²) in [6, 6.07) is 14.9. The average molecular weight is 381 g/mol. The third-order valence-electron chi connectivity index (χ3n) is 4.21. The summed E-state index contributed by atoms with van der Waals surface area (Å²) in [5.41, 5.74) is 6.58. The first kappa shape index (κ1) is 19.6. The molecule has 0 unspecified atom stereocenters. The first-order valence-electron chi connectivity index (χ1n) is 7.94. The fourth-order valence-electron chi connectivity index (χ4n) is 2.96. The Bertz CT molecular complexity index is 840. The van der Waals surface area contributed by atoms with E-state index in [9.17, 15) is 13.2 Å². The molecule has 1 atom stereocenters. The quantitative estimate of drug-likeness (QED) is 0.826. The number of hydrogen-bond acceptors (Lipinski definition) is 4. The van der Waals surface area contributed by atoms with Gasteiger partial charge in [-0.05, 0) is 25.0 Å². The van der Waals surface area contributed by atoms with Crippen molar-refractivity contribution in [2.45, 2.75) is 23.8 Å². The van der Waals surface area contributed by atoms with Crippen LogP contribution in [0.25, 0.3) is 0 Å². The zero-order valence-electron chi connectivity index (χ0n) is 13.7. The van der Waals surface area contributed by atoms with E-state index in [1.54, 1.807) is 42.5 Å². The first-order valence-corrected chi connectivity index (χ1v) is 9.38. The van der Waals surface area contributed by atoms with Crippen LogP contribution < -0.4 is 5.73 Å². The molecular formula is C18H21ClN2O3S. The van der Waals surface area contributed by atoms with Gasteiger partial charge in [-0.25, -0.2) is 8.42 Å². The Labute approximate surface area is 154 Å². The van der Waals surface area contributed by atoms with Gasteiger partial charge in [0.25, 0.3) is 0 Å². The largest absolute Gasteiger partial charge is 0.327 e. The minimum absolute atomic E-state index is 0. The Balaban J connectivity index is 0.00000225. The van der Waals surface area contributed by atoms with E-state index in [-0.39, 0.29) is 41.2 Å². The van der Waals surface area contributed by atoms with Crippen LogP contribution in [0.1, 0.15) is 28.8 Å². The van der Waals surface area contributed by atoms with Crippen LogP contribution in [0, 0.1) is 0 Å². The monoisotopic (exact) mass is 380 g/mol. The predicted octanol–water partition coefficient (Wildman–Crippen LogP) is 2.45. The molecule has 134 valence electrons. The molecule has 0 aromatic heterocycles. The highest BCUT2D eigenvalue weighted by Gasteiger charge is 2.31. The van der Waals surface area contributed by atoms with E-state index in [1.165, 1.54) is 10.4 Å². The number of benzene rings is 2. The van der Waals surface area contributed by atoms with Gasteiger partial charge < -0.3 is 5.73 Å². The van der Waals surface area contributed by atoms with E-state index in [1.807, 2.05) is 6.07 Å². The number of rotatable bonds is 4. The lowest BCUT2D eigenvalue weighted by molar-refractivity contribution is 0.103. The number of carbonyl (C=O) groups is 1. The van der Waals surface area contributed by atoms with Crippen LogP contribution in [-0.2, 0) is 10.0 Å². The van der Waals surface area contributed by atoms with E-state index in [2.05, 4.69) is 0 Å². The summed E-state index contributed by atoms with van der Waals surface area (Å²) in [6.45, 7) is 0.722. The number of halogens is 1. The molecule has 2 N–H and O–H groups in total. The summed E-state index contributed by atoms with van der Waals surface area (Å²) in [6.07, 6.45) is 1.55. The number of sulfonamides is 1. The van der Waals surface area contributed by atoms with Crippen LogP contribution in [0.4, 0.5) is 0 Å². The maximum atomic E-state index is 13.0. The minimum atomic E-state index is -3.75. The van der Waals surface area contributed by atoms with Gasteiger partial charge in [0.05, 0.1) is 4.90 Å². The molecule has 7 heteroatoms. The standard InChI is InChI=1S/C18H20N2O3S.ClH/c19-15-9-6-12-20(13-15)24(22,23)17-11-5-4-10-16(17)18(21)14-7-2-1-3-8-14;/h1-5,7-8,10-11,15H,6,9,12-13,19H2;1H/t15-;/m1./s1. The second-order valence-electron chi connectivity index (χ2n) is 5.96. The van der Waals surface area contributed by atoms with Gasteiger partial charge in [0.1, 0.15) is 0 Å². The van der Waals surface area contributed by atoms with Crippen molar-refractivity contribution in [2.75, 3.05) is 13.1 Å². The number of carbonyl (C=O) groups excluding carboxylic acids is 1. The molecule has 0 bridgehead atoms. The van der Waals surface area contributed by atoms with Crippen LogP contribution in [-0.4, -0.2) is 37.6 Å². The predicted molar refractivity (Wildman–Crippen MR) is 99.5 cm³/mol. The maximum Gasteiger partial charge on any atom is 0.243 e. The minimum Gasteiger partial charge on any atom is -0.327 e. The Morgan fingerprint density at radius 3 is 2.36 bits per heavy atom. The number of nitrogens with zero attached hydrogens (tertiary/aromatic N) is 1. The van der Waals surface area contributed by atoms with Gasteiger partial charge in [0, 0.05) is 30.3 Å². The van der Waals surface area contributed by atoms with Crippen LogP contribution in [0.2, 0.25) is 0 Å². The lowest BCUT2D eigenvalue weighted by Crippen LogP contribution is -2.45. The Kier molecular flexibility index (Phi) is 6.35. The van der Waals surface area contributed by atoms with Crippen molar-refractivity contribution in [1.29, 1.82) is 0 Å². The lowest BCUT2D eigenvalue weighted by atomic mass is 10.0. The first-order chi connectivity index (χ1) is 11.5. The maximum absolute atomic E-state index is 13.0. The van der Waals surface area contributed by atoms with Crippen molar-refractivity contribution in [2.24, 2.45) is 5.73 Å². The topological polar surface area (TPSA) is 80.5 Å². The van der Waals surface area contributed by atoms with E-state index in [0.717, 1.165) is 12.8 Å². The molecule has 2 aromatic rings. The Hall–Kier alpha value is -1.73. The molecule has 0 aliphatic carbocycles. The second-order valence-corrected chi connectivity index (χ2v) is 7.86. The third-order valence-corrected chi connectivity index (χ3v) is 6.13. The van der Waals surface area contributed by atoms with Crippen molar-refractivity contribution >= 4 is 28.2 Å². The normalized spacial score (nSPS) is 18.4. The van der Waals surface area contributed by atoms with E-state index in [4.69, 9.17) is 5.73 Å². The molecule has 0 radical (unpaired) electrons. The lowest BCUT2D eigenvalue weighted by Gasteiger charge is -2.30. The van der Waals surface area contributed by atoms with Crippen LogP contribution in [0.5, 0.6) is 0 Å². The van der Waals surface area contributed by atoms with Gasteiger partial charge in [-0.1, -0.05) is 42.5 Å². The Morgan fingerprint density at radius 1 is 1.04 bits per heavy atom. The SMILES string of the molecule is Cl.N[C@@H]1CCCN(S(=O)(=O)c2ccccc2C(=O)c2ccccc2)C1. The van der Waals surface area contributed by atoms with Crippen molar-refractivity contribution in [3.8, 4) is 0 Å². The summed E-state index contributed by atoms with van der Waals surface area (Å²) >= 11 is 0. The van der Waals surface area contributed by atoms with Gasteiger partial charge in [0.15, 0.2) is 5.78 Å². The average Bonchev–Trinajstić information content (AvgIpc) is 2.62. The highest BCUT2D eigenvalue weighted by Crippen LogP contribution is 2.25. The Morgan fingerprint density at radius 2 is 1.68 bits per heavy atom. The van der Waals surface area contributed by atoms with Gasteiger partial charge in [0.2, 0.25) is 10.0 Å². The molecule has 2 aromatic carbocycles. The van der Waals surface area contributed by atoms with E-state index >= 15 is 0 Å². The molecule has 25 heavy (non-hydrogen) atoms. The van der Waals surface area contributed by atoms with Gasteiger partial charge in [-0.15, -0.1) is 12.4 Å². The van der Waals surface area contributed by atoms with E-state index < -0.39 is 10.0 Å². The highest BCUT2D eigenvalue weighted by atomic mass is 35.5. The smallest absolute Gasteiger partial charge is 0.243 e. The second kappa shape index (κ2) is 8.10. The van der Waals surface area contributed by atoms with E-state index in [0.29, 0.717) is 12.1 Å². The molecule has 1 aliphatic heterocycles. The van der Waals surface area contributed by atoms with Crippen molar-refractivity contribution in [3.63, 3.8) is 0 Å². The van der Waals surface area contributed by atoms with Crippen molar-refractivity contribution in [1.82, 2.24) is 4.31 Å². The summed E-state index contributed by atoms with van der Waals surface area (Å²) in [4.78, 5) is 12.8. The molecule has 0 amide bonds. The van der Waals surface area contributed by atoms with Crippen molar-refractivity contribution < 1.29 is 13.2 Å². The molecule has 0 saturated carbocycles. The summed E-state index contributed by atoms with van der Waals surface area (Å²) in [5, 5.41) is 0. The van der Waals surface area contributed by atoms with Crippen molar-refractivity contribution in [3.05, 3.63) is 65.7 Å². The zero-order valence-corrected chi connectivity index (χ0v) is 15.3. The van der Waals surface area contributed by atoms with Crippen LogP contribution >= 0.6 is 12.4 Å². The highest BCUT2D eigenvalue weighted by molar-refractivity contribution is 7.89. The molecule has 5 nitrogen and oxygen atoms in total. The van der Waals surface area contributed by atoms with Gasteiger partial charge >= 0.3 is 0 Å². The molecule has 1 heterocycles. The fourth-order valence-corrected chi connectivity index (χ4v) is 4.68. The molecule has 1 saturated heterocycles. The summed E-state index contributed by atoms with van der Waals surface area (Å²) in [7, 11) is -3.75.